The van der Waals surface area contributed by atoms with Crippen LogP contribution in [0.1, 0.15) is 23.0 Å². The lowest BCUT2D eigenvalue weighted by atomic mass is 9.97. The highest BCUT2D eigenvalue weighted by Crippen LogP contribution is 2.35. The van der Waals surface area contributed by atoms with Crippen LogP contribution in [0.25, 0.3) is 27.5 Å². The molecule has 0 aliphatic rings. The maximum absolute atomic E-state index is 9.28. The van der Waals surface area contributed by atoms with Crippen molar-refractivity contribution in [3.63, 3.8) is 0 Å². The van der Waals surface area contributed by atoms with E-state index in [2.05, 4.69) is 4.57 Å². The van der Waals surface area contributed by atoms with E-state index in [0.29, 0.717) is 11.1 Å². The largest absolute Gasteiger partial charge is 0.309 e. The van der Waals surface area contributed by atoms with Gasteiger partial charge in [-0.1, -0.05) is 30.3 Å². The number of nitrogens with zero attached hydrogens (tertiary/aromatic N) is 5. The van der Waals surface area contributed by atoms with Gasteiger partial charge in [-0.3, -0.25) is 0 Å². The fourth-order valence-corrected chi connectivity index (χ4v) is 3.63. The van der Waals surface area contributed by atoms with Gasteiger partial charge in [-0.05, 0) is 47.5 Å². The zero-order valence-corrected chi connectivity index (χ0v) is 15.2. The number of benzene rings is 3. The number of fused-ring (bicyclic) bond motifs is 3. The van der Waals surface area contributed by atoms with Gasteiger partial charge in [-0.15, -0.1) is 0 Å². The maximum atomic E-state index is 9.28. The summed E-state index contributed by atoms with van der Waals surface area (Å²) in [6.07, 6.45) is 0. The summed E-state index contributed by atoms with van der Waals surface area (Å²) in [7, 11) is 0. The van der Waals surface area contributed by atoms with E-state index in [-0.39, 0.29) is 0 Å². The molecule has 5 heteroatoms. The van der Waals surface area contributed by atoms with Gasteiger partial charge >= 0.3 is 0 Å². The first-order valence-electron chi connectivity index (χ1n) is 8.93. The number of hydrogen-bond acceptors (Lipinski definition) is 4. The summed E-state index contributed by atoms with van der Waals surface area (Å²) in [5.41, 5.74) is 4.07. The van der Waals surface area contributed by atoms with E-state index < -0.39 is 11.8 Å². The van der Waals surface area contributed by atoms with Gasteiger partial charge in [0.05, 0.1) is 35.3 Å². The SMILES string of the molecule is N#CC(C#N)c1ccc2c(c1)c1cc(C(C#N)C#N)ccc1n2-c1ccccc1. The van der Waals surface area contributed by atoms with Crippen LogP contribution in [0.2, 0.25) is 0 Å². The summed E-state index contributed by atoms with van der Waals surface area (Å²) in [6, 6.07) is 29.0. The minimum Gasteiger partial charge on any atom is -0.309 e. The molecule has 0 amide bonds. The lowest BCUT2D eigenvalue weighted by Gasteiger charge is -2.08. The first kappa shape index (κ1) is 17.8. The highest BCUT2D eigenvalue weighted by molar-refractivity contribution is 6.09. The summed E-state index contributed by atoms with van der Waals surface area (Å²) in [6.45, 7) is 0. The molecule has 0 aliphatic carbocycles. The Bertz CT molecular complexity index is 1280. The second-order valence-corrected chi connectivity index (χ2v) is 6.61. The average Bonchev–Trinajstić information content (AvgIpc) is 3.09. The third kappa shape index (κ3) is 2.85. The van der Waals surface area contributed by atoms with Crippen LogP contribution in [-0.4, -0.2) is 4.57 Å². The van der Waals surface area contributed by atoms with Crippen molar-refractivity contribution in [1.82, 2.24) is 4.57 Å². The summed E-state index contributed by atoms with van der Waals surface area (Å²) >= 11 is 0. The van der Waals surface area contributed by atoms with Crippen LogP contribution in [0.3, 0.4) is 0 Å². The van der Waals surface area contributed by atoms with Crippen molar-refractivity contribution in [3.8, 4) is 30.0 Å². The Kier molecular flexibility index (Phi) is 4.43. The van der Waals surface area contributed by atoms with Crippen LogP contribution in [-0.2, 0) is 0 Å². The van der Waals surface area contributed by atoms with E-state index >= 15 is 0 Å². The summed E-state index contributed by atoms with van der Waals surface area (Å²) in [5.74, 6) is -1.72. The average molecular weight is 371 g/mol. The molecule has 4 rings (SSSR count). The third-order valence-corrected chi connectivity index (χ3v) is 5.01. The molecule has 0 atom stereocenters. The first-order chi connectivity index (χ1) is 14.2. The predicted octanol–water partition coefficient (Wildman–Crippen LogP) is 5.05. The molecule has 134 valence electrons. The van der Waals surface area contributed by atoms with Crippen LogP contribution in [0.5, 0.6) is 0 Å². The molecular weight excluding hydrogens is 358 g/mol. The third-order valence-electron chi connectivity index (χ3n) is 5.01. The number of hydrogen-bond donors (Lipinski definition) is 0. The Morgan fingerprint density at radius 3 is 1.45 bits per heavy atom. The van der Waals surface area contributed by atoms with Gasteiger partial charge in [-0.25, -0.2) is 0 Å². The zero-order valence-electron chi connectivity index (χ0n) is 15.2. The molecule has 0 spiro atoms. The van der Waals surface area contributed by atoms with Crippen LogP contribution >= 0.6 is 0 Å². The quantitative estimate of drug-likeness (QED) is 0.503. The highest BCUT2D eigenvalue weighted by Gasteiger charge is 2.18. The van der Waals surface area contributed by atoms with E-state index in [0.717, 1.165) is 27.5 Å². The van der Waals surface area contributed by atoms with E-state index in [1.807, 2.05) is 78.9 Å². The van der Waals surface area contributed by atoms with Crippen molar-refractivity contribution in [1.29, 1.82) is 21.0 Å². The number of aromatic nitrogens is 1. The van der Waals surface area contributed by atoms with E-state index in [9.17, 15) is 21.0 Å². The Hall–Kier alpha value is -4.58. The normalized spacial score (nSPS) is 10.6. The van der Waals surface area contributed by atoms with E-state index in [1.165, 1.54) is 0 Å². The van der Waals surface area contributed by atoms with E-state index in [4.69, 9.17) is 0 Å². The second kappa shape index (κ2) is 7.21. The van der Waals surface area contributed by atoms with Gasteiger partial charge < -0.3 is 4.57 Å². The zero-order chi connectivity index (χ0) is 20.4. The summed E-state index contributed by atoms with van der Waals surface area (Å²) in [4.78, 5) is 0. The fourth-order valence-electron chi connectivity index (χ4n) is 3.63. The molecule has 0 radical (unpaired) electrons. The molecule has 1 aromatic heterocycles. The lowest BCUT2D eigenvalue weighted by molar-refractivity contribution is 1.10. The molecule has 4 aromatic rings. The van der Waals surface area contributed by atoms with Crippen molar-refractivity contribution >= 4 is 21.8 Å². The molecule has 0 aliphatic heterocycles. The topological polar surface area (TPSA) is 100 Å². The summed E-state index contributed by atoms with van der Waals surface area (Å²) in [5, 5.41) is 38.9. The van der Waals surface area contributed by atoms with E-state index in [1.54, 1.807) is 12.1 Å². The number of nitriles is 4. The molecule has 0 fully saturated rings. The predicted molar refractivity (Wildman–Crippen MR) is 109 cm³/mol. The minimum atomic E-state index is -0.858. The first-order valence-corrected chi connectivity index (χ1v) is 8.93. The second-order valence-electron chi connectivity index (χ2n) is 6.61. The van der Waals surface area contributed by atoms with Gasteiger partial charge in [0.1, 0.15) is 0 Å². The molecule has 0 saturated heterocycles. The van der Waals surface area contributed by atoms with Gasteiger partial charge in [0.25, 0.3) is 0 Å². The number of rotatable bonds is 3. The standard InChI is InChI=1S/C24H13N5/c25-12-18(13-26)16-6-8-23-21(10-16)22-11-17(19(14-27)15-28)7-9-24(22)29(23)20-4-2-1-3-5-20/h1-11,18-19H. The molecular formula is C24H13N5. The Morgan fingerprint density at radius 1 is 0.586 bits per heavy atom. The van der Waals surface area contributed by atoms with Crippen molar-refractivity contribution in [2.24, 2.45) is 0 Å². The molecule has 0 bridgehead atoms. The molecule has 0 unspecified atom stereocenters. The van der Waals surface area contributed by atoms with Gasteiger partial charge in [0, 0.05) is 16.5 Å². The molecule has 0 saturated carbocycles. The van der Waals surface area contributed by atoms with Crippen LogP contribution in [0, 0.1) is 45.3 Å². The van der Waals surface area contributed by atoms with Gasteiger partial charge in [-0.2, -0.15) is 21.0 Å². The van der Waals surface area contributed by atoms with Crippen LogP contribution < -0.4 is 0 Å². The Morgan fingerprint density at radius 2 is 1.03 bits per heavy atom. The Labute approximate surface area is 167 Å². The maximum Gasteiger partial charge on any atom is 0.158 e. The lowest BCUT2D eigenvalue weighted by Crippen LogP contribution is -1.95. The van der Waals surface area contributed by atoms with Crippen molar-refractivity contribution in [2.75, 3.05) is 0 Å². The molecule has 3 aromatic carbocycles. The van der Waals surface area contributed by atoms with Crippen molar-refractivity contribution in [3.05, 3.63) is 77.9 Å². The molecule has 1 heterocycles. The van der Waals surface area contributed by atoms with Crippen LogP contribution in [0.4, 0.5) is 0 Å². The fraction of sp³-hybridized carbons (Fsp3) is 0.0833. The number of para-hydroxylation sites is 1. The Balaban J connectivity index is 2.10. The molecule has 5 nitrogen and oxygen atoms in total. The van der Waals surface area contributed by atoms with Gasteiger partial charge in [0.15, 0.2) is 11.8 Å². The highest BCUT2D eigenvalue weighted by atomic mass is 15.0. The molecule has 29 heavy (non-hydrogen) atoms. The monoisotopic (exact) mass is 371 g/mol. The van der Waals surface area contributed by atoms with Gasteiger partial charge in [0.2, 0.25) is 0 Å². The smallest absolute Gasteiger partial charge is 0.158 e. The van der Waals surface area contributed by atoms with Crippen molar-refractivity contribution in [2.45, 2.75) is 11.8 Å². The van der Waals surface area contributed by atoms with Crippen LogP contribution in [0.15, 0.2) is 66.7 Å². The molecule has 0 N–H and O–H groups in total. The van der Waals surface area contributed by atoms with Crippen molar-refractivity contribution < 1.29 is 0 Å². The minimum absolute atomic E-state index is 0.622. The summed E-state index contributed by atoms with van der Waals surface area (Å²) < 4.78 is 2.10.